The first-order valence-electron chi connectivity index (χ1n) is 7.70. The summed E-state index contributed by atoms with van der Waals surface area (Å²) >= 11 is 2.00. The molecule has 1 fully saturated rings. The highest BCUT2D eigenvalue weighted by Crippen LogP contribution is 2.34. The topological polar surface area (TPSA) is 12.0 Å². The summed E-state index contributed by atoms with van der Waals surface area (Å²) in [5.74, 6) is 2.26. The highest BCUT2D eigenvalue weighted by atomic mass is 32.2. The van der Waals surface area contributed by atoms with Gasteiger partial charge in [0.25, 0.3) is 0 Å². The van der Waals surface area contributed by atoms with Crippen LogP contribution in [0.25, 0.3) is 0 Å². The summed E-state index contributed by atoms with van der Waals surface area (Å²) in [4.78, 5) is 1.40. The largest absolute Gasteiger partial charge is 0.313 e. The standard InChI is InChI=1S/C17H27NS/c1-3-12-18-16(9-8-15-6-7-15)13-19-17-10-4-14(2)5-11-17/h4-5,10-11,15-16,18H,3,6-9,12-13H2,1-2H3. The van der Waals surface area contributed by atoms with Crippen LogP contribution in [-0.2, 0) is 0 Å². The molecule has 0 saturated heterocycles. The lowest BCUT2D eigenvalue weighted by Gasteiger charge is -2.18. The van der Waals surface area contributed by atoms with E-state index in [1.807, 2.05) is 11.8 Å². The van der Waals surface area contributed by atoms with E-state index in [2.05, 4.69) is 43.4 Å². The van der Waals surface area contributed by atoms with E-state index in [4.69, 9.17) is 0 Å². The molecule has 0 aliphatic heterocycles. The molecule has 0 heterocycles. The highest BCUT2D eigenvalue weighted by molar-refractivity contribution is 7.99. The normalized spacial score (nSPS) is 16.5. The number of hydrogen-bond acceptors (Lipinski definition) is 2. The van der Waals surface area contributed by atoms with Crippen molar-refractivity contribution >= 4 is 11.8 Å². The Labute approximate surface area is 122 Å². The Kier molecular flexibility index (Phi) is 6.25. The monoisotopic (exact) mass is 277 g/mol. The highest BCUT2D eigenvalue weighted by Gasteiger charge is 2.22. The van der Waals surface area contributed by atoms with Gasteiger partial charge in [0.05, 0.1) is 0 Å². The molecule has 1 aromatic rings. The molecule has 1 aliphatic carbocycles. The van der Waals surface area contributed by atoms with E-state index < -0.39 is 0 Å². The van der Waals surface area contributed by atoms with E-state index in [1.165, 1.54) is 48.3 Å². The Hall–Kier alpha value is -0.470. The lowest BCUT2D eigenvalue weighted by atomic mass is 10.1. The quantitative estimate of drug-likeness (QED) is 0.660. The Morgan fingerprint density at radius 3 is 2.63 bits per heavy atom. The maximum absolute atomic E-state index is 3.71. The minimum Gasteiger partial charge on any atom is -0.313 e. The molecule has 1 saturated carbocycles. The smallest absolute Gasteiger partial charge is 0.0161 e. The van der Waals surface area contributed by atoms with Crippen molar-refractivity contribution in [3.8, 4) is 0 Å². The second kappa shape index (κ2) is 7.96. The maximum Gasteiger partial charge on any atom is 0.0161 e. The van der Waals surface area contributed by atoms with Crippen molar-refractivity contribution in [3.63, 3.8) is 0 Å². The second-order valence-electron chi connectivity index (χ2n) is 5.80. The molecule has 0 bridgehead atoms. The van der Waals surface area contributed by atoms with E-state index in [-0.39, 0.29) is 0 Å². The SMILES string of the molecule is CCCNC(CCC1CC1)CSc1ccc(C)cc1. The van der Waals surface area contributed by atoms with Crippen molar-refractivity contribution < 1.29 is 0 Å². The number of hydrogen-bond donors (Lipinski definition) is 1. The van der Waals surface area contributed by atoms with Gasteiger partial charge in [-0.1, -0.05) is 37.5 Å². The van der Waals surface area contributed by atoms with E-state index in [1.54, 1.807) is 0 Å². The predicted octanol–water partition coefficient (Wildman–Crippen LogP) is 4.65. The average molecular weight is 277 g/mol. The summed E-state index contributed by atoms with van der Waals surface area (Å²) in [6.07, 6.45) is 6.96. The molecule has 1 nitrogen and oxygen atoms in total. The fourth-order valence-electron chi connectivity index (χ4n) is 2.27. The van der Waals surface area contributed by atoms with Crippen LogP contribution in [0.5, 0.6) is 0 Å². The molecule has 1 aromatic carbocycles. The molecule has 0 amide bonds. The molecule has 0 aromatic heterocycles. The maximum atomic E-state index is 3.71. The van der Waals surface area contributed by atoms with Crippen molar-refractivity contribution in [1.29, 1.82) is 0 Å². The minimum atomic E-state index is 0.687. The predicted molar refractivity (Wildman–Crippen MR) is 85.9 cm³/mol. The van der Waals surface area contributed by atoms with Gasteiger partial charge in [-0.2, -0.15) is 0 Å². The summed E-state index contributed by atoms with van der Waals surface area (Å²) in [7, 11) is 0. The van der Waals surface area contributed by atoms with E-state index in [0.717, 1.165) is 12.5 Å². The third-order valence-electron chi connectivity index (χ3n) is 3.78. The van der Waals surface area contributed by atoms with Crippen molar-refractivity contribution in [1.82, 2.24) is 5.32 Å². The van der Waals surface area contributed by atoms with Crippen LogP contribution < -0.4 is 5.32 Å². The molecule has 19 heavy (non-hydrogen) atoms. The Bertz CT molecular complexity index is 356. The Balaban J connectivity index is 1.74. The fourth-order valence-corrected chi connectivity index (χ4v) is 3.27. The molecular weight excluding hydrogens is 250 g/mol. The van der Waals surface area contributed by atoms with Crippen molar-refractivity contribution in [2.24, 2.45) is 5.92 Å². The average Bonchev–Trinajstić information content (AvgIpc) is 3.24. The first-order chi connectivity index (χ1) is 9.28. The van der Waals surface area contributed by atoms with Crippen LogP contribution in [0.3, 0.4) is 0 Å². The van der Waals surface area contributed by atoms with Crippen LogP contribution in [0, 0.1) is 12.8 Å². The van der Waals surface area contributed by atoms with Gasteiger partial charge in [0, 0.05) is 16.7 Å². The molecule has 0 radical (unpaired) electrons. The molecule has 106 valence electrons. The van der Waals surface area contributed by atoms with Crippen LogP contribution >= 0.6 is 11.8 Å². The summed E-state index contributed by atoms with van der Waals surface area (Å²) in [6, 6.07) is 9.60. The third kappa shape index (κ3) is 6.01. The molecule has 1 unspecified atom stereocenters. The van der Waals surface area contributed by atoms with Crippen LogP contribution in [0.4, 0.5) is 0 Å². The fraction of sp³-hybridized carbons (Fsp3) is 0.647. The summed E-state index contributed by atoms with van der Waals surface area (Å²) < 4.78 is 0. The second-order valence-corrected chi connectivity index (χ2v) is 6.89. The van der Waals surface area contributed by atoms with Crippen LogP contribution in [0.1, 0.15) is 44.6 Å². The third-order valence-corrected chi connectivity index (χ3v) is 4.95. The van der Waals surface area contributed by atoms with Crippen molar-refractivity contribution in [2.45, 2.75) is 56.9 Å². The molecule has 1 N–H and O–H groups in total. The van der Waals surface area contributed by atoms with Gasteiger partial charge in [-0.15, -0.1) is 11.8 Å². The van der Waals surface area contributed by atoms with Gasteiger partial charge in [-0.25, -0.2) is 0 Å². The lowest BCUT2D eigenvalue weighted by Crippen LogP contribution is -2.32. The van der Waals surface area contributed by atoms with Gasteiger partial charge in [-0.3, -0.25) is 0 Å². The summed E-state index contributed by atoms with van der Waals surface area (Å²) in [5.41, 5.74) is 1.35. The molecule has 2 heteroatoms. The van der Waals surface area contributed by atoms with Crippen LogP contribution in [-0.4, -0.2) is 18.3 Å². The Morgan fingerprint density at radius 1 is 1.26 bits per heavy atom. The van der Waals surface area contributed by atoms with Crippen molar-refractivity contribution in [3.05, 3.63) is 29.8 Å². The van der Waals surface area contributed by atoms with Crippen molar-refractivity contribution in [2.75, 3.05) is 12.3 Å². The zero-order valence-corrected chi connectivity index (χ0v) is 13.1. The van der Waals surface area contributed by atoms with E-state index >= 15 is 0 Å². The van der Waals surface area contributed by atoms with Gasteiger partial charge in [0.15, 0.2) is 0 Å². The molecule has 0 spiro atoms. The van der Waals surface area contributed by atoms with E-state index in [9.17, 15) is 0 Å². The van der Waals surface area contributed by atoms with Gasteiger partial charge in [0.2, 0.25) is 0 Å². The Morgan fingerprint density at radius 2 is 2.00 bits per heavy atom. The van der Waals surface area contributed by atoms with Gasteiger partial charge >= 0.3 is 0 Å². The number of nitrogens with one attached hydrogen (secondary N) is 1. The first-order valence-corrected chi connectivity index (χ1v) is 8.69. The zero-order valence-electron chi connectivity index (χ0n) is 12.3. The lowest BCUT2D eigenvalue weighted by molar-refractivity contribution is 0.489. The van der Waals surface area contributed by atoms with Gasteiger partial charge < -0.3 is 5.32 Å². The van der Waals surface area contributed by atoms with E-state index in [0.29, 0.717) is 6.04 Å². The van der Waals surface area contributed by atoms with Gasteiger partial charge in [-0.05, 0) is 50.8 Å². The van der Waals surface area contributed by atoms with Gasteiger partial charge in [0.1, 0.15) is 0 Å². The molecule has 1 atom stereocenters. The van der Waals surface area contributed by atoms with Crippen LogP contribution in [0.15, 0.2) is 29.2 Å². The number of rotatable bonds is 9. The van der Waals surface area contributed by atoms with Crippen LogP contribution in [0.2, 0.25) is 0 Å². The molecule has 2 rings (SSSR count). The zero-order chi connectivity index (χ0) is 13.5. The first kappa shape index (κ1) is 14.9. The number of benzene rings is 1. The number of thioether (sulfide) groups is 1. The molecule has 1 aliphatic rings. The summed E-state index contributed by atoms with van der Waals surface area (Å²) in [6.45, 7) is 5.55. The minimum absolute atomic E-state index is 0.687. The summed E-state index contributed by atoms with van der Waals surface area (Å²) in [5, 5.41) is 3.71. The number of aryl methyl sites for hydroxylation is 1. The molecular formula is C17H27NS.